The van der Waals surface area contributed by atoms with Crippen molar-refractivity contribution in [1.29, 1.82) is 0 Å². The molecular weight excluding hydrogens is 315 g/mol. The molecule has 0 N–H and O–H groups in total. The van der Waals surface area contributed by atoms with Gasteiger partial charge in [-0.15, -0.1) is 33.2 Å². The lowest BCUT2D eigenvalue weighted by Crippen LogP contribution is -2.07. The first-order valence-electron chi connectivity index (χ1n) is 8.04. The van der Waals surface area contributed by atoms with Crippen molar-refractivity contribution in [1.82, 2.24) is 0 Å². The molecule has 0 spiro atoms. The van der Waals surface area contributed by atoms with Gasteiger partial charge in [-0.25, -0.2) is 0 Å². The van der Waals surface area contributed by atoms with Crippen LogP contribution in [-0.4, -0.2) is 6.00 Å². The van der Waals surface area contributed by atoms with Crippen molar-refractivity contribution in [3.05, 3.63) is 0 Å². The molecular formula is C15H33Cl3Si. The molecule has 0 aromatic heterocycles. The Kier molecular flexibility index (Phi) is 20.2. The van der Waals surface area contributed by atoms with E-state index in [1.165, 1.54) is 64.2 Å². The van der Waals surface area contributed by atoms with Crippen molar-refractivity contribution in [3.63, 3.8) is 0 Å². The van der Waals surface area contributed by atoms with E-state index in [2.05, 4.69) is 20.8 Å². The maximum absolute atomic E-state index is 5.74. The minimum Gasteiger partial charge on any atom is -0.126 e. The van der Waals surface area contributed by atoms with Crippen molar-refractivity contribution >= 4 is 39.2 Å². The Morgan fingerprint density at radius 2 is 0.842 bits per heavy atom. The summed E-state index contributed by atoms with van der Waals surface area (Å²) in [6.45, 7) is 6.71. The summed E-state index contributed by atoms with van der Waals surface area (Å²) in [6.07, 6.45) is 14.6. The third kappa shape index (κ3) is 28.1. The predicted octanol–water partition coefficient (Wildman–Crippen LogP) is 7.98. The summed E-state index contributed by atoms with van der Waals surface area (Å²) in [4.78, 5) is 0. The third-order valence-corrected chi connectivity index (χ3v) is 5.64. The fourth-order valence-electron chi connectivity index (χ4n) is 1.78. The van der Waals surface area contributed by atoms with Crippen LogP contribution < -0.4 is 0 Å². The average Bonchev–Trinajstić information content (AvgIpc) is 2.34. The van der Waals surface area contributed by atoms with E-state index in [4.69, 9.17) is 33.2 Å². The Balaban J connectivity index is 0. The van der Waals surface area contributed by atoms with Crippen LogP contribution in [0.3, 0.4) is 0 Å². The summed E-state index contributed by atoms with van der Waals surface area (Å²) in [5, 5.41) is 0. The van der Waals surface area contributed by atoms with Crippen LogP contribution in [0.15, 0.2) is 0 Å². The van der Waals surface area contributed by atoms with Gasteiger partial charge in [-0.1, -0.05) is 91.4 Å². The molecule has 0 nitrogen and oxygen atoms in total. The zero-order valence-electron chi connectivity index (χ0n) is 13.1. The minimum atomic E-state index is -2.31. The van der Waals surface area contributed by atoms with Gasteiger partial charge in [0.05, 0.1) is 0 Å². The van der Waals surface area contributed by atoms with Gasteiger partial charge in [-0.2, -0.15) is 0 Å². The zero-order valence-corrected chi connectivity index (χ0v) is 16.4. The van der Waals surface area contributed by atoms with Crippen molar-refractivity contribution < 1.29 is 0 Å². The second kappa shape index (κ2) is 17.1. The quantitative estimate of drug-likeness (QED) is 0.202. The van der Waals surface area contributed by atoms with Crippen LogP contribution in [0.1, 0.15) is 91.4 Å². The molecule has 0 fully saturated rings. The highest BCUT2D eigenvalue weighted by Crippen LogP contribution is 2.27. The van der Waals surface area contributed by atoms with Crippen LogP contribution >= 0.6 is 33.2 Å². The lowest BCUT2D eigenvalue weighted by Gasteiger charge is -2.06. The van der Waals surface area contributed by atoms with Crippen LogP contribution in [-0.2, 0) is 0 Å². The highest BCUT2D eigenvalue weighted by Gasteiger charge is 2.23. The van der Waals surface area contributed by atoms with Gasteiger partial charge in [-0.05, 0) is 6.04 Å². The van der Waals surface area contributed by atoms with Crippen molar-refractivity contribution in [2.45, 2.75) is 97.4 Å². The molecule has 0 saturated heterocycles. The zero-order chi connectivity index (χ0) is 15.0. The van der Waals surface area contributed by atoms with E-state index in [9.17, 15) is 0 Å². The first-order chi connectivity index (χ1) is 8.97. The molecule has 0 saturated carbocycles. The normalized spacial score (nSPS) is 11.1. The minimum absolute atomic E-state index is 0.823. The smallest absolute Gasteiger partial charge is 0.126 e. The molecule has 0 aliphatic heterocycles. The second-order valence-corrected chi connectivity index (χ2v) is 14.5. The number of hydrogen-bond acceptors (Lipinski definition) is 0. The highest BCUT2D eigenvalue weighted by atomic mass is 35.8. The van der Waals surface area contributed by atoms with Crippen molar-refractivity contribution in [2.75, 3.05) is 0 Å². The van der Waals surface area contributed by atoms with Gasteiger partial charge in [0.1, 0.15) is 0 Å². The molecule has 19 heavy (non-hydrogen) atoms. The monoisotopic (exact) mass is 346 g/mol. The van der Waals surface area contributed by atoms with Gasteiger partial charge in [0, 0.05) is 0 Å². The van der Waals surface area contributed by atoms with Gasteiger partial charge in [0.25, 0.3) is 0 Å². The Morgan fingerprint density at radius 1 is 0.526 bits per heavy atom. The molecule has 0 rings (SSSR count). The fourth-order valence-corrected chi connectivity index (χ4v) is 3.64. The molecule has 0 atom stereocenters. The molecule has 4 heteroatoms. The standard InChI is InChI=1S/C8H17Cl3Si.C7H16/c1-2-3-4-5-6-7-8-12(9,10)11;1-3-5-7-6-4-2/h2-8H2,1H3;3-7H2,1-2H3. The van der Waals surface area contributed by atoms with E-state index in [0.29, 0.717) is 0 Å². The van der Waals surface area contributed by atoms with Gasteiger partial charge in [0.15, 0.2) is 0 Å². The van der Waals surface area contributed by atoms with Crippen LogP contribution in [0.25, 0.3) is 0 Å². The van der Waals surface area contributed by atoms with E-state index < -0.39 is 6.00 Å². The van der Waals surface area contributed by atoms with Crippen LogP contribution in [0, 0.1) is 0 Å². The predicted molar refractivity (Wildman–Crippen MR) is 95.9 cm³/mol. The van der Waals surface area contributed by atoms with Crippen LogP contribution in [0.5, 0.6) is 0 Å². The van der Waals surface area contributed by atoms with Gasteiger partial charge in [0.2, 0.25) is 0 Å². The van der Waals surface area contributed by atoms with Crippen molar-refractivity contribution in [3.8, 4) is 0 Å². The third-order valence-electron chi connectivity index (χ3n) is 3.02. The molecule has 0 unspecified atom stereocenters. The maximum Gasteiger partial charge on any atom is 0.341 e. The first-order valence-corrected chi connectivity index (χ1v) is 13.3. The first kappa shape index (κ1) is 22.4. The van der Waals surface area contributed by atoms with Crippen LogP contribution in [0.4, 0.5) is 0 Å². The Bertz CT molecular complexity index is 154. The molecule has 0 heterocycles. The summed E-state index contributed by atoms with van der Waals surface area (Å²) in [5.74, 6) is 0. The van der Waals surface area contributed by atoms with Gasteiger partial charge >= 0.3 is 6.00 Å². The number of halogens is 3. The summed E-state index contributed by atoms with van der Waals surface area (Å²) < 4.78 is 0. The van der Waals surface area contributed by atoms with E-state index in [1.54, 1.807) is 0 Å². The Hall–Kier alpha value is 1.09. The van der Waals surface area contributed by atoms with E-state index in [0.717, 1.165) is 12.5 Å². The maximum atomic E-state index is 5.74. The Morgan fingerprint density at radius 3 is 1.21 bits per heavy atom. The van der Waals surface area contributed by atoms with Crippen molar-refractivity contribution in [2.24, 2.45) is 0 Å². The van der Waals surface area contributed by atoms with Crippen LogP contribution in [0.2, 0.25) is 6.04 Å². The molecule has 0 amide bonds. The molecule has 0 bridgehead atoms. The topological polar surface area (TPSA) is 0 Å². The molecule has 0 aliphatic rings. The summed E-state index contributed by atoms with van der Waals surface area (Å²) in [6, 6.07) is -1.49. The lowest BCUT2D eigenvalue weighted by molar-refractivity contribution is 0.624. The summed E-state index contributed by atoms with van der Waals surface area (Å²) >= 11 is 17.2. The van der Waals surface area contributed by atoms with E-state index in [-0.39, 0.29) is 0 Å². The summed E-state index contributed by atoms with van der Waals surface area (Å²) in [7, 11) is 0. The summed E-state index contributed by atoms with van der Waals surface area (Å²) in [5.41, 5.74) is 0. The molecule has 118 valence electrons. The van der Waals surface area contributed by atoms with Gasteiger partial charge in [-0.3, -0.25) is 0 Å². The fraction of sp³-hybridized carbons (Fsp3) is 1.00. The molecule has 0 aromatic carbocycles. The molecule has 0 aliphatic carbocycles. The number of rotatable bonds is 11. The van der Waals surface area contributed by atoms with Gasteiger partial charge < -0.3 is 0 Å². The largest absolute Gasteiger partial charge is 0.341 e. The average molecular weight is 348 g/mol. The molecule has 0 aromatic rings. The second-order valence-electron chi connectivity index (χ2n) is 5.19. The van der Waals surface area contributed by atoms with E-state index in [1.807, 2.05) is 0 Å². The number of hydrogen-bond donors (Lipinski definition) is 0. The number of unbranched alkanes of at least 4 members (excludes halogenated alkanes) is 9. The lowest BCUT2D eigenvalue weighted by atomic mass is 10.1. The Labute approximate surface area is 136 Å². The highest BCUT2D eigenvalue weighted by molar-refractivity contribution is 7.64. The molecule has 0 radical (unpaired) electrons. The van der Waals surface area contributed by atoms with E-state index >= 15 is 0 Å². The SMILES string of the molecule is CCCCCCC.CCCCCCCC[Si](Cl)(Cl)Cl.